The molecule has 5 aliphatic carbocycles. The average molecular weight is 505 g/mol. The highest BCUT2D eigenvalue weighted by molar-refractivity contribution is 6.31. The second kappa shape index (κ2) is 7.60. The Hall–Kier alpha value is -2.80. The lowest BCUT2D eigenvalue weighted by molar-refractivity contribution is 0.0835. The van der Waals surface area contributed by atoms with Crippen LogP contribution in [0.2, 0.25) is 10.0 Å². The lowest BCUT2D eigenvalue weighted by Crippen LogP contribution is -2.51. The zero-order valence-electron chi connectivity index (χ0n) is 20.0. The average Bonchev–Trinajstić information content (AvgIpc) is 3.16. The summed E-state index contributed by atoms with van der Waals surface area (Å²) in [6.45, 7) is 0. The largest absolute Gasteiger partial charge is 0.0843 e. The first-order chi connectivity index (χ1) is 17.6. The standard InChI is InChI=1S/C34H26Cl2/c35-28-5-1-3-22(16-28)24-7-9-30-31-10-8-25(23-4-2-6-29(36)17-23)19-33(31)34(32(30)18-24)26-12-20-11-21(14-26)15-27(34)13-20/h1-10,12,16-19,21,26-27H,11,13-15H2. The van der Waals surface area contributed by atoms with Gasteiger partial charge in [-0.05, 0) is 124 Å². The quantitative estimate of drug-likeness (QED) is 0.238. The maximum Gasteiger partial charge on any atom is 0.0412 e. The minimum atomic E-state index is 0.0499. The first-order valence-corrected chi connectivity index (χ1v) is 13.9. The highest BCUT2D eigenvalue weighted by atomic mass is 35.5. The summed E-state index contributed by atoms with van der Waals surface area (Å²) in [6.07, 6.45) is 7.89. The van der Waals surface area contributed by atoms with E-state index in [1.165, 1.54) is 70.2 Å². The summed E-state index contributed by atoms with van der Waals surface area (Å²) in [7, 11) is 0. The van der Waals surface area contributed by atoms with Crippen LogP contribution >= 0.6 is 23.2 Å². The van der Waals surface area contributed by atoms with Crippen LogP contribution < -0.4 is 0 Å². The van der Waals surface area contributed by atoms with Gasteiger partial charge in [-0.25, -0.2) is 0 Å². The van der Waals surface area contributed by atoms with Crippen molar-refractivity contribution < 1.29 is 0 Å². The van der Waals surface area contributed by atoms with E-state index in [4.69, 9.17) is 23.2 Å². The molecule has 1 spiro atoms. The molecule has 0 nitrogen and oxygen atoms in total. The first-order valence-electron chi connectivity index (χ1n) is 13.1. The fraction of sp³-hybridized carbons (Fsp3) is 0.235. The van der Waals surface area contributed by atoms with Crippen LogP contribution in [0.4, 0.5) is 0 Å². The van der Waals surface area contributed by atoms with Crippen LogP contribution in [0.15, 0.2) is 96.6 Å². The summed E-state index contributed by atoms with van der Waals surface area (Å²) in [5.41, 5.74) is 12.6. The van der Waals surface area contributed by atoms with Crippen molar-refractivity contribution in [1.29, 1.82) is 0 Å². The third-order valence-electron chi connectivity index (χ3n) is 9.47. The van der Waals surface area contributed by atoms with E-state index in [-0.39, 0.29) is 5.41 Å². The summed E-state index contributed by atoms with van der Waals surface area (Å²) in [5, 5.41) is 1.58. The third kappa shape index (κ3) is 2.89. The van der Waals surface area contributed by atoms with Crippen molar-refractivity contribution in [2.75, 3.05) is 0 Å². The Labute approximate surface area is 222 Å². The molecule has 2 fully saturated rings. The number of benzene rings is 4. The predicted molar refractivity (Wildman–Crippen MR) is 151 cm³/mol. The monoisotopic (exact) mass is 504 g/mol. The van der Waals surface area contributed by atoms with Crippen molar-refractivity contribution >= 4 is 23.2 Å². The van der Waals surface area contributed by atoms with Crippen LogP contribution in [0.3, 0.4) is 0 Å². The van der Waals surface area contributed by atoms with Crippen LogP contribution in [-0.4, -0.2) is 0 Å². The van der Waals surface area contributed by atoms with Gasteiger partial charge in [-0.15, -0.1) is 0 Å². The highest BCUT2D eigenvalue weighted by Crippen LogP contribution is 2.68. The minimum Gasteiger partial charge on any atom is -0.0843 e. The van der Waals surface area contributed by atoms with Gasteiger partial charge in [0.25, 0.3) is 0 Å². The molecule has 0 saturated heterocycles. The fourth-order valence-electron chi connectivity index (χ4n) is 8.26. The highest BCUT2D eigenvalue weighted by Gasteiger charge is 2.59. The molecule has 4 aromatic carbocycles. The van der Waals surface area contributed by atoms with Crippen molar-refractivity contribution in [3.8, 4) is 33.4 Å². The van der Waals surface area contributed by atoms with Crippen LogP contribution in [0.25, 0.3) is 33.4 Å². The Morgan fingerprint density at radius 3 is 1.72 bits per heavy atom. The molecule has 9 rings (SSSR count). The molecule has 36 heavy (non-hydrogen) atoms. The molecule has 2 saturated carbocycles. The van der Waals surface area contributed by atoms with Gasteiger partial charge in [-0.2, -0.15) is 0 Å². The van der Waals surface area contributed by atoms with E-state index < -0.39 is 0 Å². The second-order valence-electron chi connectivity index (χ2n) is 11.3. The molecule has 0 aliphatic heterocycles. The fourth-order valence-corrected chi connectivity index (χ4v) is 8.64. The predicted octanol–water partition coefficient (Wildman–Crippen LogP) is 9.97. The van der Waals surface area contributed by atoms with Gasteiger partial charge in [0.1, 0.15) is 0 Å². The molecule has 176 valence electrons. The number of allylic oxidation sites excluding steroid dienone is 2. The first kappa shape index (κ1) is 21.3. The maximum atomic E-state index is 6.40. The molecule has 3 atom stereocenters. The van der Waals surface area contributed by atoms with Crippen LogP contribution in [0.5, 0.6) is 0 Å². The molecule has 3 unspecified atom stereocenters. The third-order valence-corrected chi connectivity index (χ3v) is 9.94. The summed E-state index contributed by atoms with van der Waals surface area (Å²) in [4.78, 5) is 0. The molecule has 0 aromatic heterocycles. The topological polar surface area (TPSA) is 0 Å². The molecule has 0 N–H and O–H groups in total. The molecule has 0 radical (unpaired) electrons. The number of halogens is 2. The molecular formula is C34H26Cl2. The summed E-state index contributed by atoms with van der Waals surface area (Å²) in [6, 6.07) is 30.9. The van der Waals surface area contributed by atoms with E-state index in [0.29, 0.717) is 11.8 Å². The zero-order chi connectivity index (χ0) is 24.0. The van der Waals surface area contributed by atoms with E-state index in [1.54, 1.807) is 5.57 Å². The van der Waals surface area contributed by atoms with Crippen LogP contribution in [-0.2, 0) is 5.41 Å². The lowest BCUT2D eigenvalue weighted by atomic mass is 9.46. The van der Waals surface area contributed by atoms with Crippen molar-refractivity contribution in [2.24, 2.45) is 17.8 Å². The SMILES string of the molecule is Clc1cccc(-c2ccc3c(c2)C2(c4cc(-c5cccc(Cl)c5)ccc4-3)C3C=C4CC(C3)CC2C4)c1. The van der Waals surface area contributed by atoms with Gasteiger partial charge in [0, 0.05) is 15.5 Å². The molecule has 4 bridgehead atoms. The van der Waals surface area contributed by atoms with Crippen molar-refractivity contribution in [3.05, 3.63) is 118 Å². The van der Waals surface area contributed by atoms with E-state index in [9.17, 15) is 0 Å². The summed E-state index contributed by atoms with van der Waals surface area (Å²) in [5.74, 6) is 2.10. The molecule has 5 aliphatic rings. The summed E-state index contributed by atoms with van der Waals surface area (Å²) >= 11 is 12.8. The lowest BCUT2D eigenvalue weighted by Gasteiger charge is -2.57. The molecular weight excluding hydrogens is 479 g/mol. The van der Waals surface area contributed by atoms with E-state index in [1.807, 2.05) is 12.1 Å². The molecule has 0 amide bonds. The maximum absolute atomic E-state index is 6.40. The Balaban J connectivity index is 1.38. The number of hydrogen-bond acceptors (Lipinski definition) is 0. The second-order valence-corrected chi connectivity index (χ2v) is 12.2. The van der Waals surface area contributed by atoms with Crippen molar-refractivity contribution in [2.45, 2.75) is 31.1 Å². The zero-order valence-corrected chi connectivity index (χ0v) is 21.5. The van der Waals surface area contributed by atoms with Gasteiger partial charge < -0.3 is 0 Å². The number of hydrogen-bond donors (Lipinski definition) is 0. The van der Waals surface area contributed by atoms with Gasteiger partial charge in [-0.3, -0.25) is 0 Å². The smallest absolute Gasteiger partial charge is 0.0412 e. The van der Waals surface area contributed by atoms with Crippen molar-refractivity contribution in [3.63, 3.8) is 0 Å². The van der Waals surface area contributed by atoms with Crippen molar-refractivity contribution in [1.82, 2.24) is 0 Å². The molecule has 4 aromatic rings. The summed E-state index contributed by atoms with van der Waals surface area (Å²) < 4.78 is 0. The Morgan fingerprint density at radius 1 is 0.611 bits per heavy atom. The Bertz CT molecular complexity index is 1500. The Kier molecular flexibility index (Phi) is 4.50. The van der Waals surface area contributed by atoms with Crippen LogP contribution in [0, 0.1) is 17.8 Å². The number of fused-ring (bicyclic) bond motifs is 3. The van der Waals surface area contributed by atoms with E-state index in [0.717, 1.165) is 16.0 Å². The Morgan fingerprint density at radius 2 is 1.19 bits per heavy atom. The van der Waals surface area contributed by atoms with Gasteiger partial charge in [0.05, 0.1) is 0 Å². The molecule has 2 heteroatoms. The van der Waals surface area contributed by atoms with E-state index in [2.05, 4.69) is 78.9 Å². The number of rotatable bonds is 2. The minimum absolute atomic E-state index is 0.0499. The normalized spacial score (nSPS) is 24.1. The van der Waals surface area contributed by atoms with Gasteiger partial charge >= 0.3 is 0 Å². The van der Waals surface area contributed by atoms with Gasteiger partial charge in [-0.1, -0.05) is 83.4 Å². The van der Waals surface area contributed by atoms with Gasteiger partial charge in [0.15, 0.2) is 0 Å². The van der Waals surface area contributed by atoms with E-state index >= 15 is 0 Å². The molecule has 0 heterocycles. The van der Waals surface area contributed by atoms with Crippen LogP contribution in [0.1, 0.15) is 36.8 Å². The van der Waals surface area contributed by atoms with Gasteiger partial charge in [0.2, 0.25) is 0 Å².